The van der Waals surface area contributed by atoms with Crippen molar-refractivity contribution in [1.29, 1.82) is 5.26 Å². The third-order valence-electron chi connectivity index (χ3n) is 1.14. The van der Waals surface area contributed by atoms with Crippen molar-refractivity contribution in [2.75, 3.05) is 18.8 Å². The zero-order valence-electron chi connectivity index (χ0n) is 7.56. The lowest BCUT2D eigenvalue weighted by atomic mass is 10.5. The summed E-state index contributed by atoms with van der Waals surface area (Å²) in [6.45, 7) is -1.17. The number of sulfonamides is 1. The Labute approximate surface area is 85.9 Å². The van der Waals surface area contributed by atoms with E-state index in [1.165, 1.54) is 6.07 Å². The Bertz CT molecular complexity index is 382. The molecule has 0 saturated carbocycles. The van der Waals surface area contributed by atoms with Gasteiger partial charge in [0.1, 0.15) is 6.54 Å². The normalized spacial score (nSPS) is 10.3. The fraction of sp³-hybridized carbons (Fsp3) is 0.500. The minimum absolute atomic E-state index is 0.585. The molecule has 0 saturated heterocycles. The second-order valence-corrected chi connectivity index (χ2v) is 4.22. The zero-order chi connectivity index (χ0) is 11.9. The van der Waals surface area contributed by atoms with E-state index in [1.54, 1.807) is 0 Å². The summed E-state index contributed by atoms with van der Waals surface area (Å²) in [5.74, 6) is -2.76. The molecule has 15 heavy (non-hydrogen) atoms. The third kappa shape index (κ3) is 7.41. The van der Waals surface area contributed by atoms with E-state index in [2.05, 4.69) is 0 Å². The van der Waals surface area contributed by atoms with Crippen LogP contribution in [0, 0.1) is 11.3 Å². The summed E-state index contributed by atoms with van der Waals surface area (Å²) in [7, 11) is -3.78. The molecule has 0 aliphatic heterocycles. The maximum atomic E-state index is 10.8. The molecule has 0 unspecified atom stereocenters. The van der Waals surface area contributed by atoms with Crippen LogP contribution in [-0.4, -0.2) is 44.2 Å². The van der Waals surface area contributed by atoms with Crippen LogP contribution in [0.1, 0.15) is 0 Å². The molecule has 0 rings (SSSR count). The lowest BCUT2D eigenvalue weighted by Crippen LogP contribution is -2.39. The maximum absolute atomic E-state index is 10.8. The highest BCUT2D eigenvalue weighted by atomic mass is 32.2. The first-order valence-corrected chi connectivity index (χ1v) is 5.35. The van der Waals surface area contributed by atoms with E-state index in [1.807, 2.05) is 10.0 Å². The van der Waals surface area contributed by atoms with Gasteiger partial charge in [-0.05, 0) is 0 Å². The molecule has 0 aromatic heterocycles. The number of carbonyl (C=O) groups is 2. The van der Waals surface area contributed by atoms with Crippen LogP contribution in [-0.2, 0) is 19.6 Å². The fourth-order valence-corrected chi connectivity index (χ4v) is 1.17. The summed E-state index contributed by atoms with van der Waals surface area (Å²) >= 11 is 0. The molecule has 3 N–H and O–H groups in total. The Kier molecular flexibility index (Phi) is 5.29. The van der Waals surface area contributed by atoms with Gasteiger partial charge in [-0.1, -0.05) is 0 Å². The highest BCUT2D eigenvalue weighted by Crippen LogP contribution is 1.80. The number of rotatable bonds is 6. The van der Waals surface area contributed by atoms with Crippen molar-refractivity contribution in [3.63, 3.8) is 0 Å². The van der Waals surface area contributed by atoms with Crippen LogP contribution in [0.15, 0.2) is 0 Å². The Morgan fingerprint density at radius 2 is 1.93 bits per heavy atom. The maximum Gasteiger partial charge on any atom is 0.322 e. The number of carboxylic acids is 1. The van der Waals surface area contributed by atoms with E-state index in [9.17, 15) is 18.0 Å². The first-order valence-electron chi connectivity index (χ1n) is 3.70. The lowest BCUT2D eigenvalue weighted by Gasteiger charge is -2.03. The van der Waals surface area contributed by atoms with Gasteiger partial charge in [-0.3, -0.25) is 9.59 Å². The number of nitrogens with one attached hydrogen (secondary N) is 2. The predicted octanol–water partition coefficient (Wildman–Crippen LogP) is -2.37. The van der Waals surface area contributed by atoms with Gasteiger partial charge in [-0.25, -0.2) is 13.1 Å². The Balaban J connectivity index is 3.92. The first kappa shape index (κ1) is 13.3. The van der Waals surface area contributed by atoms with Gasteiger partial charge in [0.25, 0.3) is 0 Å². The Hall–Kier alpha value is -1.66. The van der Waals surface area contributed by atoms with Crippen LogP contribution >= 0.6 is 0 Å². The Morgan fingerprint density at radius 3 is 2.40 bits per heavy atom. The van der Waals surface area contributed by atoms with E-state index in [-0.39, 0.29) is 0 Å². The minimum atomic E-state index is -3.78. The highest BCUT2D eigenvalue weighted by molar-refractivity contribution is 7.89. The number of nitriles is 1. The summed E-state index contributed by atoms with van der Waals surface area (Å²) in [6.07, 6.45) is 0. The minimum Gasteiger partial charge on any atom is -0.480 e. The van der Waals surface area contributed by atoms with Crippen LogP contribution in [0.2, 0.25) is 0 Å². The smallest absolute Gasteiger partial charge is 0.322 e. The van der Waals surface area contributed by atoms with E-state index in [4.69, 9.17) is 10.4 Å². The van der Waals surface area contributed by atoms with E-state index in [0.29, 0.717) is 0 Å². The summed E-state index contributed by atoms with van der Waals surface area (Å²) < 4.78 is 23.5. The van der Waals surface area contributed by atoms with Gasteiger partial charge in [0, 0.05) is 0 Å². The quantitative estimate of drug-likeness (QED) is 0.470. The van der Waals surface area contributed by atoms with Crippen LogP contribution in [0.5, 0.6) is 0 Å². The molecule has 1 amide bonds. The van der Waals surface area contributed by atoms with E-state index >= 15 is 0 Å². The summed E-state index contributed by atoms with van der Waals surface area (Å²) in [4.78, 5) is 20.8. The number of nitrogens with zero attached hydrogens (tertiary/aromatic N) is 1. The predicted molar refractivity (Wildman–Crippen MR) is 48.0 cm³/mol. The Morgan fingerprint density at radius 1 is 1.33 bits per heavy atom. The average Bonchev–Trinajstić information content (AvgIpc) is 2.11. The van der Waals surface area contributed by atoms with Crippen molar-refractivity contribution in [3.8, 4) is 6.07 Å². The molecule has 0 aromatic rings. The van der Waals surface area contributed by atoms with Crippen LogP contribution < -0.4 is 10.0 Å². The molecule has 0 aromatic carbocycles. The number of carboxylic acid groups (broad SMARTS) is 1. The topological polar surface area (TPSA) is 136 Å². The van der Waals surface area contributed by atoms with Crippen molar-refractivity contribution in [2.24, 2.45) is 0 Å². The van der Waals surface area contributed by atoms with Crippen LogP contribution in [0.4, 0.5) is 0 Å². The standard InChI is InChI=1S/C6H9N3O5S/c7-1-2-15(13,14)9-3-5(10)8-4-6(11)12/h9H,2-4H2,(H,8,10)(H,11,12). The molecular weight excluding hydrogens is 226 g/mol. The number of amides is 1. The number of hydrogen-bond acceptors (Lipinski definition) is 5. The molecule has 0 bridgehead atoms. The van der Waals surface area contributed by atoms with Crippen molar-refractivity contribution >= 4 is 21.9 Å². The molecule has 8 nitrogen and oxygen atoms in total. The number of aliphatic carboxylic acids is 1. The van der Waals surface area contributed by atoms with Crippen LogP contribution in [0.25, 0.3) is 0 Å². The molecule has 9 heteroatoms. The van der Waals surface area contributed by atoms with Crippen molar-refractivity contribution in [3.05, 3.63) is 0 Å². The van der Waals surface area contributed by atoms with Crippen LogP contribution in [0.3, 0.4) is 0 Å². The first-order chi connectivity index (χ1) is 6.87. The van der Waals surface area contributed by atoms with E-state index in [0.717, 1.165) is 0 Å². The van der Waals surface area contributed by atoms with Crippen molar-refractivity contribution < 1.29 is 23.1 Å². The molecule has 0 aliphatic rings. The van der Waals surface area contributed by atoms with Gasteiger partial charge < -0.3 is 10.4 Å². The lowest BCUT2D eigenvalue weighted by molar-refractivity contribution is -0.137. The van der Waals surface area contributed by atoms with Gasteiger partial charge in [-0.2, -0.15) is 5.26 Å². The van der Waals surface area contributed by atoms with Crippen molar-refractivity contribution in [1.82, 2.24) is 10.0 Å². The van der Waals surface area contributed by atoms with Gasteiger partial charge in [0.05, 0.1) is 12.6 Å². The number of carbonyl (C=O) groups excluding carboxylic acids is 1. The van der Waals surface area contributed by atoms with E-state index < -0.39 is 40.7 Å². The average molecular weight is 235 g/mol. The largest absolute Gasteiger partial charge is 0.480 e. The second kappa shape index (κ2) is 5.94. The van der Waals surface area contributed by atoms with Crippen molar-refractivity contribution in [2.45, 2.75) is 0 Å². The molecule has 0 spiro atoms. The number of hydrogen-bond donors (Lipinski definition) is 3. The van der Waals surface area contributed by atoms with Gasteiger partial charge in [-0.15, -0.1) is 0 Å². The second-order valence-electron chi connectivity index (χ2n) is 2.41. The molecule has 0 aliphatic carbocycles. The SMILES string of the molecule is N#CCS(=O)(=O)NCC(=O)NCC(=O)O. The summed E-state index contributed by atoms with van der Waals surface area (Å²) in [6, 6.07) is 1.41. The molecule has 0 radical (unpaired) electrons. The van der Waals surface area contributed by atoms with Gasteiger partial charge in [0.15, 0.2) is 5.75 Å². The molecule has 0 fully saturated rings. The van der Waals surface area contributed by atoms with Gasteiger partial charge in [0.2, 0.25) is 15.9 Å². The van der Waals surface area contributed by atoms with Gasteiger partial charge >= 0.3 is 5.97 Å². The monoisotopic (exact) mass is 235 g/mol. The molecule has 0 heterocycles. The highest BCUT2D eigenvalue weighted by Gasteiger charge is 2.11. The zero-order valence-corrected chi connectivity index (χ0v) is 8.37. The molecule has 84 valence electrons. The summed E-state index contributed by atoms with van der Waals surface area (Å²) in [5, 5.41) is 18.2. The third-order valence-corrected chi connectivity index (χ3v) is 2.24. The fourth-order valence-electron chi connectivity index (χ4n) is 0.548. The molecule has 0 atom stereocenters. The summed E-state index contributed by atoms with van der Waals surface area (Å²) in [5.41, 5.74) is 0. The molecular formula is C6H9N3O5S.